The van der Waals surface area contributed by atoms with Crippen molar-refractivity contribution in [3.8, 4) is 0 Å². The van der Waals surface area contributed by atoms with Gasteiger partial charge in [-0.15, -0.1) is 11.6 Å². The molecule has 0 radical (unpaired) electrons. The molecule has 0 fully saturated rings. The monoisotopic (exact) mass is 254 g/mol. The normalized spacial score (nSPS) is 15.3. The van der Waals surface area contributed by atoms with E-state index in [9.17, 15) is 8.42 Å². The smallest absolute Gasteiger partial charge is 0.150 e. The van der Waals surface area contributed by atoms with E-state index in [-0.39, 0.29) is 16.5 Å². The Morgan fingerprint density at radius 2 is 1.87 bits per heavy atom. The molecule has 4 heteroatoms. The van der Waals surface area contributed by atoms with Crippen LogP contribution in [-0.4, -0.2) is 25.3 Å². The molecule has 0 aromatic carbocycles. The summed E-state index contributed by atoms with van der Waals surface area (Å²) in [4.78, 5) is 0. The molecule has 0 bridgehead atoms. The Labute approximate surface area is 99.3 Å². The van der Waals surface area contributed by atoms with Crippen molar-refractivity contribution in [2.45, 2.75) is 52.3 Å². The average Bonchev–Trinajstić information content (AvgIpc) is 2.00. The van der Waals surface area contributed by atoms with Crippen molar-refractivity contribution >= 4 is 21.4 Å². The lowest BCUT2D eigenvalue weighted by Gasteiger charge is -2.25. The molecular formula is C11H23ClO2S. The summed E-state index contributed by atoms with van der Waals surface area (Å²) >= 11 is 5.94. The van der Waals surface area contributed by atoms with E-state index in [1.807, 2.05) is 6.92 Å². The van der Waals surface area contributed by atoms with Crippen LogP contribution in [0.2, 0.25) is 0 Å². The van der Waals surface area contributed by atoms with Gasteiger partial charge in [-0.25, -0.2) is 8.42 Å². The number of alkyl halides is 1. The molecule has 0 N–H and O–H groups in total. The van der Waals surface area contributed by atoms with E-state index in [1.165, 1.54) is 0 Å². The van der Waals surface area contributed by atoms with Crippen molar-refractivity contribution in [3.63, 3.8) is 0 Å². The van der Waals surface area contributed by atoms with Crippen molar-refractivity contribution in [1.29, 1.82) is 0 Å². The zero-order valence-corrected chi connectivity index (χ0v) is 11.8. The summed E-state index contributed by atoms with van der Waals surface area (Å²) in [5, 5.41) is 0.155. The lowest BCUT2D eigenvalue weighted by atomic mass is 9.83. The van der Waals surface area contributed by atoms with Gasteiger partial charge in [0.2, 0.25) is 0 Å². The first-order valence-corrected chi connectivity index (χ1v) is 7.79. The molecule has 0 aromatic rings. The van der Waals surface area contributed by atoms with E-state index in [0.29, 0.717) is 5.75 Å². The molecular weight excluding hydrogens is 232 g/mol. The third-order valence-electron chi connectivity index (χ3n) is 2.58. The fourth-order valence-corrected chi connectivity index (χ4v) is 3.07. The maximum Gasteiger partial charge on any atom is 0.150 e. The molecule has 2 nitrogen and oxygen atoms in total. The quantitative estimate of drug-likeness (QED) is 0.654. The van der Waals surface area contributed by atoms with Gasteiger partial charge in [-0.2, -0.15) is 0 Å². The second-order valence-corrected chi connectivity index (χ2v) is 8.21. The van der Waals surface area contributed by atoms with Crippen molar-refractivity contribution in [2.75, 3.05) is 11.5 Å². The molecule has 1 unspecified atom stereocenters. The van der Waals surface area contributed by atoms with Gasteiger partial charge in [0.25, 0.3) is 0 Å². The van der Waals surface area contributed by atoms with Crippen LogP contribution in [0.1, 0.15) is 47.0 Å². The van der Waals surface area contributed by atoms with Gasteiger partial charge in [0.15, 0.2) is 0 Å². The molecule has 0 aliphatic carbocycles. The fraction of sp³-hybridized carbons (Fsp3) is 1.00. The average molecular weight is 255 g/mol. The van der Waals surface area contributed by atoms with Crippen LogP contribution in [0.4, 0.5) is 0 Å². The summed E-state index contributed by atoms with van der Waals surface area (Å²) in [5.41, 5.74) is 0.143. The van der Waals surface area contributed by atoms with Crippen molar-refractivity contribution in [1.82, 2.24) is 0 Å². The van der Waals surface area contributed by atoms with Crippen LogP contribution in [0.25, 0.3) is 0 Å². The van der Waals surface area contributed by atoms with Gasteiger partial charge < -0.3 is 0 Å². The fourth-order valence-electron chi connectivity index (χ4n) is 1.78. The lowest BCUT2D eigenvalue weighted by Crippen LogP contribution is -2.18. The number of rotatable bonds is 7. The lowest BCUT2D eigenvalue weighted by molar-refractivity contribution is 0.304. The minimum absolute atomic E-state index is 0.143. The van der Waals surface area contributed by atoms with Gasteiger partial charge in [-0.1, -0.05) is 20.8 Å². The molecule has 0 saturated heterocycles. The molecule has 0 aliphatic rings. The van der Waals surface area contributed by atoms with E-state index in [2.05, 4.69) is 13.8 Å². The zero-order chi connectivity index (χ0) is 12.1. The minimum atomic E-state index is -2.80. The largest absolute Gasteiger partial charge is 0.229 e. The maximum atomic E-state index is 11.3. The Balaban J connectivity index is 3.95. The number of sulfone groups is 1. The summed E-state index contributed by atoms with van der Waals surface area (Å²) in [6, 6.07) is 0. The van der Waals surface area contributed by atoms with Gasteiger partial charge in [-0.3, -0.25) is 0 Å². The molecule has 0 rings (SSSR count). The van der Waals surface area contributed by atoms with Crippen LogP contribution in [0.15, 0.2) is 0 Å². The van der Waals surface area contributed by atoms with Crippen LogP contribution in [0.5, 0.6) is 0 Å². The number of hydrogen-bond donors (Lipinski definition) is 0. The zero-order valence-electron chi connectivity index (χ0n) is 10.2. The van der Waals surface area contributed by atoms with Gasteiger partial charge in [0.1, 0.15) is 9.84 Å². The number of hydrogen-bond acceptors (Lipinski definition) is 2. The van der Waals surface area contributed by atoms with Gasteiger partial charge >= 0.3 is 0 Å². The summed E-state index contributed by atoms with van der Waals surface area (Å²) in [6.07, 6.45) is 2.59. The predicted molar refractivity (Wildman–Crippen MR) is 67.3 cm³/mol. The van der Waals surface area contributed by atoms with Gasteiger partial charge in [-0.05, 0) is 31.6 Å². The Morgan fingerprint density at radius 3 is 2.27 bits per heavy atom. The van der Waals surface area contributed by atoms with E-state index >= 15 is 0 Å². The summed E-state index contributed by atoms with van der Waals surface area (Å²) in [6.45, 7) is 7.96. The summed E-state index contributed by atoms with van der Waals surface area (Å²) in [7, 11) is -2.80. The molecule has 0 aliphatic heterocycles. The minimum Gasteiger partial charge on any atom is -0.229 e. The van der Waals surface area contributed by atoms with Crippen LogP contribution < -0.4 is 0 Å². The molecule has 92 valence electrons. The van der Waals surface area contributed by atoms with Gasteiger partial charge in [0.05, 0.1) is 5.75 Å². The second-order valence-electron chi connectivity index (χ2n) is 4.99. The molecule has 0 spiro atoms. The summed E-state index contributed by atoms with van der Waals surface area (Å²) < 4.78 is 22.6. The van der Waals surface area contributed by atoms with Crippen molar-refractivity contribution < 1.29 is 8.42 Å². The molecule has 15 heavy (non-hydrogen) atoms. The molecule has 0 aromatic heterocycles. The Kier molecular flexibility index (Phi) is 6.19. The highest BCUT2D eigenvalue weighted by Crippen LogP contribution is 2.30. The standard InChI is InChI=1S/C11H23ClO2S/c1-5-15(13,14)8-6-7-11(3,4)9-10(2)12/h10H,5-9H2,1-4H3. The second kappa shape index (κ2) is 6.09. The first kappa shape index (κ1) is 15.2. The molecule has 0 saturated carbocycles. The highest BCUT2D eigenvalue weighted by Gasteiger charge is 2.20. The van der Waals surface area contributed by atoms with Crippen LogP contribution in [0.3, 0.4) is 0 Å². The van der Waals surface area contributed by atoms with E-state index in [4.69, 9.17) is 11.6 Å². The third-order valence-corrected chi connectivity index (χ3v) is 4.53. The van der Waals surface area contributed by atoms with E-state index in [0.717, 1.165) is 19.3 Å². The molecule has 1 atom stereocenters. The van der Waals surface area contributed by atoms with Crippen molar-refractivity contribution in [2.24, 2.45) is 5.41 Å². The number of halogens is 1. The highest BCUT2D eigenvalue weighted by molar-refractivity contribution is 7.91. The third kappa shape index (κ3) is 8.09. The van der Waals surface area contributed by atoms with Crippen LogP contribution >= 0.6 is 11.6 Å². The van der Waals surface area contributed by atoms with E-state index in [1.54, 1.807) is 6.92 Å². The highest BCUT2D eigenvalue weighted by atomic mass is 35.5. The summed E-state index contributed by atoms with van der Waals surface area (Å²) in [5.74, 6) is 0.558. The Bertz CT molecular complexity index is 268. The van der Waals surface area contributed by atoms with E-state index < -0.39 is 9.84 Å². The predicted octanol–water partition coefficient (Wildman–Crippen LogP) is 3.24. The SMILES string of the molecule is CCS(=O)(=O)CCCC(C)(C)CC(C)Cl. The van der Waals surface area contributed by atoms with Gasteiger partial charge in [0, 0.05) is 11.1 Å². The van der Waals surface area contributed by atoms with Crippen LogP contribution in [-0.2, 0) is 9.84 Å². The first-order valence-electron chi connectivity index (χ1n) is 5.53. The first-order chi connectivity index (χ1) is 6.68. The Morgan fingerprint density at radius 1 is 1.33 bits per heavy atom. The van der Waals surface area contributed by atoms with Crippen LogP contribution in [0, 0.1) is 5.41 Å². The molecule has 0 amide bonds. The Hall–Kier alpha value is 0.240. The maximum absolute atomic E-state index is 11.3. The molecule has 0 heterocycles. The van der Waals surface area contributed by atoms with Crippen molar-refractivity contribution in [3.05, 3.63) is 0 Å². The topological polar surface area (TPSA) is 34.1 Å².